The first-order chi connectivity index (χ1) is 19.4. The molecular formula is C30H35Cl2N3O5S. The monoisotopic (exact) mass is 619 g/mol. The topological polar surface area (TPSA) is 96.0 Å². The van der Waals surface area contributed by atoms with E-state index in [2.05, 4.69) is 5.32 Å². The van der Waals surface area contributed by atoms with E-state index in [9.17, 15) is 18.0 Å². The van der Waals surface area contributed by atoms with Crippen LogP contribution in [0.2, 0.25) is 10.0 Å². The van der Waals surface area contributed by atoms with Gasteiger partial charge < -0.3 is 15.0 Å². The summed E-state index contributed by atoms with van der Waals surface area (Å²) in [4.78, 5) is 28.6. The lowest BCUT2D eigenvalue weighted by Crippen LogP contribution is -2.52. The van der Waals surface area contributed by atoms with Crippen LogP contribution in [0.1, 0.15) is 37.0 Å². The van der Waals surface area contributed by atoms with Gasteiger partial charge in [-0.05, 0) is 74.7 Å². The van der Waals surface area contributed by atoms with Gasteiger partial charge in [-0.3, -0.25) is 13.9 Å². The molecule has 3 rings (SSSR count). The number of hydrogen-bond acceptors (Lipinski definition) is 5. The molecule has 1 atom stereocenters. The van der Waals surface area contributed by atoms with Crippen LogP contribution in [0.15, 0.2) is 65.6 Å². The summed E-state index contributed by atoms with van der Waals surface area (Å²) < 4.78 is 34.7. The molecule has 0 fully saturated rings. The molecule has 0 spiro atoms. The number of hydrogen-bond donors (Lipinski definition) is 1. The fourth-order valence-electron chi connectivity index (χ4n) is 4.39. The summed E-state index contributed by atoms with van der Waals surface area (Å²) in [6.07, 6.45) is 0.293. The zero-order valence-corrected chi connectivity index (χ0v) is 26.1. The molecule has 3 aromatic carbocycles. The third-order valence-electron chi connectivity index (χ3n) is 6.58. The lowest BCUT2D eigenvalue weighted by atomic mass is 10.1. The molecule has 0 aliphatic heterocycles. The molecule has 8 nitrogen and oxygen atoms in total. The number of ether oxygens (including phenoxy) is 1. The third kappa shape index (κ3) is 7.72. The Labute approximate surface area is 252 Å². The summed E-state index contributed by atoms with van der Waals surface area (Å²) >= 11 is 12.5. The van der Waals surface area contributed by atoms with E-state index in [4.69, 9.17) is 27.9 Å². The van der Waals surface area contributed by atoms with Crippen LogP contribution in [0.4, 0.5) is 5.69 Å². The number of amides is 2. The molecular weight excluding hydrogens is 585 g/mol. The summed E-state index contributed by atoms with van der Waals surface area (Å²) in [5, 5.41) is 3.52. The Morgan fingerprint density at radius 1 is 0.951 bits per heavy atom. The van der Waals surface area contributed by atoms with Crippen molar-refractivity contribution in [1.82, 2.24) is 10.2 Å². The molecule has 0 aliphatic rings. The summed E-state index contributed by atoms with van der Waals surface area (Å²) in [7, 11) is -2.80. The largest absolute Gasteiger partial charge is 0.495 e. The van der Waals surface area contributed by atoms with Gasteiger partial charge in [-0.15, -0.1) is 0 Å². The van der Waals surface area contributed by atoms with Crippen LogP contribution in [0, 0.1) is 13.8 Å². The maximum atomic E-state index is 14.2. The molecule has 0 unspecified atom stereocenters. The average Bonchev–Trinajstić information content (AvgIpc) is 2.93. The van der Waals surface area contributed by atoms with Gasteiger partial charge in [0.05, 0.1) is 17.7 Å². The predicted octanol–water partition coefficient (Wildman–Crippen LogP) is 5.76. The van der Waals surface area contributed by atoms with Crippen molar-refractivity contribution in [3.63, 3.8) is 0 Å². The van der Waals surface area contributed by atoms with Gasteiger partial charge in [-0.25, -0.2) is 8.42 Å². The second-order valence-electron chi connectivity index (χ2n) is 9.58. The number of anilines is 1. The van der Waals surface area contributed by atoms with Crippen LogP contribution >= 0.6 is 23.2 Å². The highest BCUT2D eigenvalue weighted by molar-refractivity contribution is 7.92. The number of carbonyl (C=O) groups is 2. The van der Waals surface area contributed by atoms with Crippen LogP contribution < -0.4 is 14.4 Å². The minimum absolute atomic E-state index is 0.0162. The number of rotatable bonds is 12. The quantitative estimate of drug-likeness (QED) is 0.278. The average molecular weight is 621 g/mol. The Balaban J connectivity index is 2.15. The van der Waals surface area contributed by atoms with Crippen LogP contribution in [0.5, 0.6) is 5.75 Å². The van der Waals surface area contributed by atoms with Gasteiger partial charge in [-0.1, -0.05) is 60.0 Å². The van der Waals surface area contributed by atoms with E-state index in [1.165, 1.54) is 24.1 Å². The lowest BCUT2D eigenvalue weighted by molar-refractivity contribution is -0.140. The molecule has 2 amide bonds. The van der Waals surface area contributed by atoms with Crippen LogP contribution in [-0.4, -0.2) is 51.4 Å². The molecule has 0 saturated heterocycles. The molecule has 0 aromatic heterocycles. The standard InChI is InChI=1S/C30H35Cl2N3O5S/c1-6-26(30(37)33-7-2)34(18-22-11-12-23(31)17-25(22)32)29(36)19-35(27-16-21(4)10-15-28(27)40-5)41(38,39)24-13-8-20(3)9-14-24/h8-17,26H,6-7,18-19H2,1-5H3,(H,33,37)/t26-/m1/s1. The van der Waals surface area contributed by atoms with Crippen molar-refractivity contribution >= 4 is 50.7 Å². The number of aryl methyl sites for hydroxylation is 2. The van der Waals surface area contributed by atoms with E-state index in [0.29, 0.717) is 28.6 Å². The number of benzene rings is 3. The molecule has 3 aromatic rings. The van der Waals surface area contributed by atoms with E-state index < -0.39 is 28.5 Å². The van der Waals surface area contributed by atoms with Crippen molar-refractivity contribution in [2.75, 3.05) is 24.5 Å². The molecule has 0 radical (unpaired) electrons. The molecule has 220 valence electrons. The molecule has 0 saturated carbocycles. The van der Waals surface area contributed by atoms with Gasteiger partial charge in [0.15, 0.2) is 0 Å². The van der Waals surface area contributed by atoms with Crippen LogP contribution in [-0.2, 0) is 26.2 Å². The van der Waals surface area contributed by atoms with Crippen LogP contribution in [0.3, 0.4) is 0 Å². The van der Waals surface area contributed by atoms with Crippen molar-refractivity contribution < 1.29 is 22.7 Å². The number of methoxy groups -OCH3 is 1. The maximum Gasteiger partial charge on any atom is 0.264 e. The van der Waals surface area contributed by atoms with E-state index in [1.807, 2.05) is 13.8 Å². The first-order valence-electron chi connectivity index (χ1n) is 13.2. The number of sulfonamides is 1. The Morgan fingerprint density at radius 3 is 2.20 bits per heavy atom. The predicted molar refractivity (Wildman–Crippen MR) is 163 cm³/mol. The van der Waals surface area contributed by atoms with Crippen molar-refractivity contribution in [3.8, 4) is 5.75 Å². The van der Waals surface area contributed by atoms with Gasteiger partial charge in [0.1, 0.15) is 18.3 Å². The second-order valence-corrected chi connectivity index (χ2v) is 12.3. The van der Waals surface area contributed by atoms with Crippen molar-refractivity contribution in [2.45, 2.75) is 51.6 Å². The van der Waals surface area contributed by atoms with E-state index in [1.54, 1.807) is 62.4 Å². The summed E-state index contributed by atoms with van der Waals surface area (Å²) in [5.74, 6) is -0.662. The van der Waals surface area contributed by atoms with Gasteiger partial charge in [0.2, 0.25) is 11.8 Å². The Kier molecular flexibility index (Phi) is 11.1. The van der Waals surface area contributed by atoms with E-state index >= 15 is 0 Å². The Hall–Kier alpha value is -3.27. The minimum Gasteiger partial charge on any atom is -0.495 e. The van der Waals surface area contributed by atoms with Gasteiger partial charge in [0, 0.05) is 23.1 Å². The smallest absolute Gasteiger partial charge is 0.264 e. The summed E-state index contributed by atoms with van der Waals surface area (Å²) in [5.41, 5.74) is 2.43. The molecule has 0 heterocycles. The fourth-order valence-corrected chi connectivity index (χ4v) is 6.28. The molecule has 0 bridgehead atoms. The van der Waals surface area contributed by atoms with Gasteiger partial charge in [0.25, 0.3) is 10.0 Å². The molecule has 0 aliphatic carbocycles. The summed E-state index contributed by atoms with van der Waals surface area (Å²) in [6.45, 7) is 6.99. The SMILES string of the molecule is CCNC(=O)[C@@H](CC)N(Cc1ccc(Cl)cc1Cl)C(=O)CN(c1cc(C)ccc1OC)S(=O)(=O)c1ccc(C)cc1. The first kappa shape index (κ1) is 32.2. The zero-order chi connectivity index (χ0) is 30.3. The third-order valence-corrected chi connectivity index (χ3v) is 8.94. The highest BCUT2D eigenvalue weighted by Gasteiger charge is 2.35. The number of carbonyl (C=O) groups excluding carboxylic acids is 2. The van der Waals surface area contributed by atoms with Crippen molar-refractivity contribution in [3.05, 3.63) is 87.4 Å². The first-order valence-corrected chi connectivity index (χ1v) is 15.4. The molecule has 41 heavy (non-hydrogen) atoms. The maximum absolute atomic E-state index is 14.2. The highest BCUT2D eigenvalue weighted by Crippen LogP contribution is 2.34. The number of nitrogens with one attached hydrogen (secondary N) is 1. The van der Waals surface area contributed by atoms with Crippen molar-refractivity contribution in [1.29, 1.82) is 0 Å². The van der Waals surface area contributed by atoms with Gasteiger partial charge in [-0.2, -0.15) is 0 Å². The normalized spacial score (nSPS) is 12.0. The lowest BCUT2D eigenvalue weighted by Gasteiger charge is -2.33. The Morgan fingerprint density at radius 2 is 1.61 bits per heavy atom. The van der Waals surface area contributed by atoms with E-state index in [-0.39, 0.29) is 28.8 Å². The van der Waals surface area contributed by atoms with Crippen LogP contribution in [0.25, 0.3) is 0 Å². The van der Waals surface area contributed by atoms with E-state index in [0.717, 1.165) is 15.4 Å². The Bertz CT molecular complexity index is 1500. The molecule has 11 heteroatoms. The minimum atomic E-state index is -4.24. The number of nitrogens with zero attached hydrogens (tertiary/aromatic N) is 2. The summed E-state index contributed by atoms with van der Waals surface area (Å²) in [6, 6.07) is 15.5. The highest BCUT2D eigenvalue weighted by atomic mass is 35.5. The molecule has 1 N–H and O–H groups in total. The fraction of sp³-hybridized carbons (Fsp3) is 0.333. The second kappa shape index (κ2) is 14.1. The number of likely N-dealkylation sites (N-methyl/N-ethyl adjacent to an activating group) is 1. The van der Waals surface area contributed by atoms with Gasteiger partial charge >= 0.3 is 0 Å². The zero-order valence-electron chi connectivity index (χ0n) is 23.8. The number of halogens is 2. The van der Waals surface area contributed by atoms with Crippen molar-refractivity contribution in [2.24, 2.45) is 0 Å².